The first-order valence-electron chi connectivity index (χ1n) is 5.14. The fraction of sp³-hybridized carbons (Fsp3) is 0.400. The molecule has 5 N–H and O–H groups in total. The lowest BCUT2D eigenvalue weighted by Crippen LogP contribution is -2.35. The van der Waals surface area contributed by atoms with Gasteiger partial charge in [0.25, 0.3) is 10.2 Å². The van der Waals surface area contributed by atoms with Gasteiger partial charge in [0.1, 0.15) is 0 Å². The quantitative estimate of drug-likeness (QED) is 0.655. The smallest absolute Gasteiger partial charge is 0.274 e. The summed E-state index contributed by atoms with van der Waals surface area (Å²) >= 11 is 0. The highest BCUT2D eigenvalue weighted by Gasteiger charge is 2.22. The van der Waals surface area contributed by atoms with Gasteiger partial charge in [0.2, 0.25) is 0 Å². The van der Waals surface area contributed by atoms with Crippen LogP contribution in [0, 0.1) is 0 Å². The van der Waals surface area contributed by atoms with Crippen molar-refractivity contribution in [1.29, 1.82) is 0 Å². The third-order valence-electron chi connectivity index (χ3n) is 2.79. The Kier molecular flexibility index (Phi) is 2.88. The monoisotopic (exact) mass is 241 g/mol. The van der Waals surface area contributed by atoms with Crippen LogP contribution in [-0.2, 0) is 16.6 Å². The summed E-state index contributed by atoms with van der Waals surface area (Å²) in [5, 5.41) is 4.99. The summed E-state index contributed by atoms with van der Waals surface area (Å²) in [5.41, 5.74) is 8.48. The zero-order chi connectivity index (χ0) is 11.8. The van der Waals surface area contributed by atoms with Crippen molar-refractivity contribution in [3.8, 4) is 0 Å². The maximum Gasteiger partial charge on any atom is 0.274 e. The van der Waals surface area contributed by atoms with Crippen LogP contribution < -0.4 is 15.6 Å². The first-order chi connectivity index (χ1) is 7.46. The molecule has 5 nitrogen and oxygen atoms in total. The molecule has 0 heterocycles. The number of nitrogens with two attached hydrogens (primary N) is 2. The second-order valence-electron chi connectivity index (χ2n) is 4.07. The molecule has 0 bridgehead atoms. The number of nitrogens with one attached hydrogen (secondary N) is 1. The van der Waals surface area contributed by atoms with E-state index in [0.29, 0.717) is 5.69 Å². The van der Waals surface area contributed by atoms with E-state index in [1.54, 1.807) is 6.07 Å². The van der Waals surface area contributed by atoms with Crippen LogP contribution in [0.15, 0.2) is 18.2 Å². The largest absolute Gasteiger partial charge is 0.399 e. The van der Waals surface area contributed by atoms with Crippen molar-refractivity contribution in [3.63, 3.8) is 0 Å². The van der Waals surface area contributed by atoms with Gasteiger partial charge in [0.15, 0.2) is 0 Å². The van der Waals surface area contributed by atoms with Crippen molar-refractivity contribution in [2.75, 3.05) is 5.73 Å². The normalized spacial score (nSPS) is 20.4. The Balaban J connectivity index is 2.33. The molecule has 1 aliphatic rings. The maximum absolute atomic E-state index is 11.0. The molecule has 1 aliphatic carbocycles. The van der Waals surface area contributed by atoms with Crippen LogP contribution in [-0.4, -0.2) is 8.42 Å². The Labute approximate surface area is 95.0 Å². The van der Waals surface area contributed by atoms with Crippen LogP contribution in [0.1, 0.15) is 30.0 Å². The molecule has 6 heteroatoms. The first kappa shape index (κ1) is 11.4. The molecule has 2 rings (SSSR count). The van der Waals surface area contributed by atoms with Crippen molar-refractivity contribution >= 4 is 15.9 Å². The minimum Gasteiger partial charge on any atom is -0.399 e. The van der Waals surface area contributed by atoms with E-state index in [4.69, 9.17) is 10.9 Å². The Morgan fingerprint density at radius 1 is 1.38 bits per heavy atom. The minimum atomic E-state index is -3.66. The van der Waals surface area contributed by atoms with E-state index in [1.165, 1.54) is 0 Å². The number of aryl methyl sites for hydroxylation is 1. The number of anilines is 1. The molecule has 0 aromatic heterocycles. The van der Waals surface area contributed by atoms with E-state index in [0.717, 1.165) is 30.4 Å². The molecule has 0 fully saturated rings. The Morgan fingerprint density at radius 2 is 2.12 bits per heavy atom. The number of fused-ring (bicyclic) bond motifs is 1. The summed E-state index contributed by atoms with van der Waals surface area (Å²) in [6, 6.07) is 5.32. The topological polar surface area (TPSA) is 98.2 Å². The van der Waals surface area contributed by atoms with Crippen molar-refractivity contribution < 1.29 is 8.42 Å². The second kappa shape index (κ2) is 4.04. The summed E-state index contributed by atoms with van der Waals surface area (Å²) in [5.74, 6) is 0. The van der Waals surface area contributed by atoms with Crippen molar-refractivity contribution in [2.24, 2.45) is 5.14 Å². The fourth-order valence-electron chi connectivity index (χ4n) is 2.15. The summed E-state index contributed by atoms with van der Waals surface area (Å²) in [6.45, 7) is 0. The second-order valence-corrected chi connectivity index (χ2v) is 5.39. The van der Waals surface area contributed by atoms with E-state index < -0.39 is 10.2 Å². The number of rotatable bonds is 2. The van der Waals surface area contributed by atoms with Gasteiger partial charge in [-0.25, -0.2) is 5.14 Å². The summed E-state index contributed by atoms with van der Waals surface area (Å²) in [6.07, 6.45) is 2.64. The van der Waals surface area contributed by atoms with Gasteiger partial charge in [-0.1, -0.05) is 6.07 Å². The third kappa shape index (κ3) is 2.52. The van der Waals surface area contributed by atoms with Crippen LogP contribution in [0.5, 0.6) is 0 Å². The van der Waals surface area contributed by atoms with Gasteiger partial charge in [-0.3, -0.25) is 0 Å². The van der Waals surface area contributed by atoms with Crippen LogP contribution in [0.3, 0.4) is 0 Å². The molecular formula is C10H15N3O2S. The number of hydrogen-bond donors (Lipinski definition) is 3. The van der Waals surface area contributed by atoms with E-state index in [9.17, 15) is 8.42 Å². The lowest BCUT2D eigenvalue weighted by molar-refractivity contribution is 0.508. The van der Waals surface area contributed by atoms with Crippen LogP contribution in [0.4, 0.5) is 5.69 Å². The molecule has 0 saturated heterocycles. The van der Waals surface area contributed by atoms with Gasteiger partial charge in [-0.05, 0) is 42.5 Å². The van der Waals surface area contributed by atoms with Crippen molar-refractivity contribution in [1.82, 2.24) is 4.72 Å². The molecule has 0 radical (unpaired) electrons. The van der Waals surface area contributed by atoms with Crippen LogP contribution >= 0.6 is 0 Å². The molecule has 1 aromatic carbocycles. The Morgan fingerprint density at radius 3 is 2.81 bits per heavy atom. The maximum atomic E-state index is 11.0. The summed E-state index contributed by atoms with van der Waals surface area (Å²) in [7, 11) is -3.66. The van der Waals surface area contributed by atoms with Crippen LogP contribution in [0.25, 0.3) is 0 Å². The lowest BCUT2D eigenvalue weighted by Gasteiger charge is -2.25. The summed E-state index contributed by atoms with van der Waals surface area (Å²) in [4.78, 5) is 0. The molecule has 1 unspecified atom stereocenters. The molecule has 0 amide bonds. The lowest BCUT2D eigenvalue weighted by atomic mass is 9.88. The van der Waals surface area contributed by atoms with Gasteiger partial charge in [-0.15, -0.1) is 0 Å². The molecule has 0 aliphatic heterocycles. The zero-order valence-corrected chi connectivity index (χ0v) is 9.63. The van der Waals surface area contributed by atoms with Crippen molar-refractivity contribution in [2.45, 2.75) is 25.3 Å². The van der Waals surface area contributed by atoms with Gasteiger partial charge >= 0.3 is 0 Å². The summed E-state index contributed by atoms with van der Waals surface area (Å²) < 4.78 is 24.5. The molecular weight excluding hydrogens is 226 g/mol. The van der Waals surface area contributed by atoms with Gasteiger partial charge in [0.05, 0.1) is 0 Å². The number of hydrogen-bond acceptors (Lipinski definition) is 3. The minimum absolute atomic E-state index is 0.223. The predicted molar refractivity (Wildman–Crippen MR) is 62.8 cm³/mol. The van der Waals surface area contributed by atoms with Gasteiger partial charge < -0.3 is 5.73 Å². The highest BCUT2D eigenvalue weighted by atomic mass is 32.2. The molecule has 0 spiro atoms. The SMILES string of the molecule is Nc1ccc2c(c1)CCCC2NS(N)(=O)=O. The third-order valence-corrected chi connectivity index (χ3v) is 3.40. The molecule has 16 heavy (non-hydrogen) atoms. The molecule has 1 atom stereocenters. The zero-order valence-electron chi connectivity index (χ0n) is 8.81. The highest BCUT2D eigenvalue weighted by Crippen LogP contribution is 2.31. The van der Waals surface area contributed by atoms with E-state index in [1.807, 2.05) is 12.1 Å². The molecule has 1 aromatic rings. The Bertz CT molecular complexity index is 499. The molecule has 0 saturated carbocycles. The van der Waals surface area contributed by atoms with E-state index in [-0.39, 0.29) is 6.04 Å². The number of benzene rings is 1. The van der Waals surface area contributed by atoms with E-state index in [2.05, 4.69) is 4.72 Å². The predicted octanol–water partition coefficient (Wildman–Crippen LogP) is 0.439. The number of nitrogen functional groups attached to an aromatic ring is 1. The first-order valence-corrected chi connectivity index (χ1v) is 6.69. The standard InChI is InChI=1S/C10H15N3O2S/c11-8-4-5-9-7(6-8)2-1-3-10(9)13-16(12,14)15/h4-6,10,13H,1-3,11H2,(H2,12,14,15). The van der Waals surface area contributed by atoms with Gasteiger partial charge in [-0.2, -0.15) is 13.1 Å². The van der Waals surface area contributed by atoms with Gasteiger partial charge in [0, 0.05) is 11.7 Å². The van der Waals surface area contributed by atoms with Crippen LogP contribution in [0.2, 0.25) is 0 Å². The van der Waals surface area contributed by atoms with E-state index >= 15 is 0 Å². The average molecular weight is 241 g/mol. The fourth-order valence-corrected chi connectivity index (χ4v) is 2.80. The average Bonchev–Trinajstić information content (AvgIpc) is 2.15. The highest BCUT2D eigenvalue weighted by molar-refractivity contribution is 7.87. The Hall–Kier alpha value is -1.11. The molecule has 88 valence electrons. The van der Waals surface area contributed by atoms with Crippen molar-refractivity contribution in [3.05, 3.63) is 29.3 Å².